The van der Waals surface area contributed by atoms with E-state index in [1.807, 2.05) is 30.5 Å². The lowest BCUT2D eigenvalue weighted by atomic mass is 9.97. The van der Waals surface area contributed by atoms with Crippen molar-refractivity contribution in [3.05, 3.63) is 54.7 Å². The summed E-state index contributed by atoms with van der Waals surface area (Å²) in [6, 6.07) is 10.5. The first-order valence-corrected chi connectivity index (χ1v) is 7.27. The molecule has 0 radical (unpaired) electrons. The summed E-state index contributed by atoms with van der Waals surface area (Å²) in [6.45, 7) is 3.75. The second-order valence-electron chi connectivity index (χ2n) is 5.06. The summed E-state index contributed by atoms with van der Waals surface area (Å²) in [4.78, 5) is 4.40. The van der Waals surface area contributed by atoms with Gasteiger partial charge < -0.3 is 0 Å². The van der Waals surface area contributed by atoms with Gasteiger partial charge in [-0.1, -0.05) is 37.1 Å². The first-order chi connectivity index (χ1) is 9.86. The van der Waals surface area contributed by atoms with E-state index in [-0.39, 0.29) is 6.04 Å². The Morgan fingerprint density at radius 1 is 1.20 bits per heavy atom. The van der Waals surface area contributed by atoms with Crippen molar-refractivity contribution in [2.24, 2.45) is 5.84 Å². The summed E-state index contributed by atoms with van der Waals surface area (Å²) in [5.41, 5.74) is 5.22. The van der Waals surface area contributed by atoms with Crippen LogP contribution in [0.5, 0.6) is 0 Å². The van der Waals surface area contributed by atoms with Crippen LogP contribution in [0.2, 0.25) is 0 Å². The molecule has 106 valence electrons. The Kier molecular flexibility index (Phi) is 5.71. The number of rotatable bonds is 8. The van der Waals surface area contributed by atoms with Gasteiger partial charge in [-0.2, -0.15) is 0 Å². The molecule has 0 saturated heterocycles. The third-order valence-corrected chi connectivity index (χ3v) is 3.66. The molecule has 1 heterocycles. The maximum Gasteiger partial charge on any atom is 0.0705 e. The molecule has 2 rings (SSSR count). The number of fused-ring (bicyclic) bond motifs is 1. The number of nitrogens with one attached hydrogen (secondary N) is 1. The molecular weight excluding hydrogens is 246 g/mol. The molecule has 3 N–H and O–H groups in total. The van der Waals surface area contributed by atoms with Gasteiger partial charge in [0.15, 0.2) is 0 Å². The number of para-hydroxylation sites is 1. The number of benzene rings is 1. The van der Waals surface area contributed by atoms with E-state index < -0.39 is 0 Å². The molecule has 0 fully saturated rings. The number of hydrazine groups is 1. The lowest BCUT2D eigenvalue weighted by Crippen LogP contribution is -2.28. The number of aromatic nitrogens is 1. The molecule has 0 amide bonds. The van der Waals surface area contributed by atoms with Crippen LogP contribution in [0, 0.1) is 0 Å². The highest BCUT2D eigenvalue weighted by Crippen LogP contribution is 2.26. The van der Waals surface area contributed by atoms with Crippen molar-refractivity contribution in [3.8, 4) is 0 Å². The lowest BCUT2D eigenvalue weighted by molar-refractivity contribution is 0.486. The smallest absolute Gasteiger partial charge is 0.0705 e. The Morgan fingerprint density at radius 3 is 2.85 bits per heavy atom. The van der Waals surface area contributed by atoms with Gasteiger partial charge in [0.25, 0.3) is 0 Å². The van der Waals surface area contributed by atoms with E-state index in [0.29, 0.717) is 0 Å². The van der Waals surface area contributed by atoms with E-state index in [9.17, 15) is 0 Å². The van der Waals surface area contributed by atoms with Crippen LogP contribution in [0.1, 0.15) is 43.7 Å². The molecule has 3 nitrogen and oxygen atoms in total. The summed E-state index contributed by atoms with van der Waals surface area (Å²) >= 11 is 0. The molecule has 0 aliphatic rings. The zero-order chi connectivity index (χ0) is 14.2. The molecule has 20 heavy (non-hydrogen) atoms. The Balaban J connectivity index is 2.07. The van der Waals surface area contributed by atoms with Crippen molar-refractivity contribution in [1.29, 1.82) is 0 Å². The number of allylic oxidation sites excluding steroid dienone is 1. The van der Waals surface area contributed by atoms with Crippen molar-refractivity contribution in [2.45, 2.75) is 38.1 Å². The van der Waals surface area contributed by atoms with Gasteiger partial charge in [0.05, 0.1) is 5.52 Å². The third-order valence-electron chi connectivity index (χ3n) is 3.66. The summed E-state index contributed by atoms with van der Waals surface area (Å²) in [6.07, 6.45) is 9.57. The molecule has 1 aromatic heterocycles. The quantitative estimate of drug-likeness (QED) is 0.331. The molecule has 0 bridgehead atoms. The Bertz CT molecular complexity index is 545. The number of pyridine rings is 1. The maximum atomic E-state index is 5.75. The van der Waals surface area contributed by atoms with Gasteiger partial charge in [0.1, 0.15) is 0 Å². The lowest BCUT2D eigenvalue weighted by Gasteiger charge is -2.18. The predicted molar refractivity (Wildman–Crippen MR) is 85.1 cm³/mol. The molecule has 0 aliphatic carbocycles. The minimum Gasteiger partial charge on any atom is -0.271 e. The van der Waals surface area contributed by atoms with Crippen molar-refractivity contribution in [3.63, 3.8) is 0 Å². The van der Waals surface area contributed by atoms with Gasteiger partial charge in [-0.25, -0.2) is 0 Å². The summed E-state index contributed by atoms with van der Waals surface area (Å²) in [7, 11) is 0. The summed E-state index contributed by atoms with van der Waals surface area (Å²) in [5.74, 6) is 5.75. The van der Waals surface area contributed by atoms with Crippen LogP contribution in [0.15, 0.2) is 49.2 Å². The van der Waals surface area contributed by atoms with Crippen molar-refractivity contribution in [1.82, 2.24) is 10.4 Å². The van der Waals surface area contributed by atoms with E-state index in [1.165, 1.54) is 30.2 Å². The fourth-order valence-electron chi connectivity index (χ4n) is 2.56. The average Bonchev–Trinajstić information content (AvgIpc) is 2.51. The first kappa shape index (κ1) is 14.7. The molecule has 0 spiro atoms. The van der Waals surface area contributed by atoms with E-state index in [4.69, 9.17) is 5.84 Å². The van der Waals surface area contributed by atoms with Crippen LogP contribution in [0.25, 0.3) is 10.9 Å². The second-order valence-corrected chi connectivity index (χ2v) is 5.06. The highest BCUT2D eigenvalue weighted by Gasteiger charge is 2.12. The molecule has 2 aromatic rings. The number of unbranched alkanes of at least 4 members (excludes halogenated alkanes) is 3. The number of nitrogens with zero attached hydrogens (tertiary/aromatic N) is 1. The molecule has 1 unspecified atom stereocenters. The van der Waals surface area contributed by atoms with Gasteiger partial charge in [-0.05, 0) is 37.0 Å². The summed E-state index contributed by atoms with van der Waals surface area (Å²) < 4.78 is 0. The molecule has 0 aliphatic heterocycles. The van der Waals surface area contributed by atoms with E-state index >= 15 is 0 Å². The van der Waals surface area contributed by atoms with Crippen LogP contribution in [0.4, 0.5) is 0 Å². The van der Waals surface area contributed by atoms with Gasteiger partial charge >= 0.3 is 0 Å². The zero-order valence-corrected chi connectivity index (χ0v) is 11.9. The maximum absolute atomic E-state index is 5.75. The molecule has 1 atom stereocenters. The van der Waals surface area contributed by atoms with Gasteiger partial charge in [0, 0.05) is 17.6 Å². The van der Waals surface area contributed by atoms with Gasteiger partial charge in [-0.15, -0.1) is 6.58 Å². The fourth-order valence-corrected chi connectivity index (χ4v) is 2.56. The van der Waals surface area contributed by atoms with Crippen LogP contribution in [-0.2, 0) is 0 Å². The fraction of sp³-hybridized carbons (Fsp3) is 0.353. The van der Waals surface area contributed by atoms with Crippen molar-refractivity contribution >= 4 is 10.9 Å². The van der Waals surface area contributed by atoms with E-state index in [2.05, 4.69) is 29.1 Å². The predicted octanol–water partition coefficient (Wildman–Crippen LogP) is 3.88. The third kappa shape index (κ3) is 3.65. The average molecular weight is 269 g/mol. The van der Waals surface area contributed by atoms with Crippen LogP contribution < -0.4 is 11.3 Å². The number of nitrogens with two attached hydrogens (primary N) is 1. The SMILES string of the molecule is C=CCCCCCC(NN)c1ccnc2ccccc12. The topological polar surface area (TPSA) is 50.9 Å². The molecule has 3 heteroatoms. The van der Waals surface area contributed by atoms with Crippen LogP contribution >= 0.6 is 0 Å². The molecule has 0 saturated carbocycles. The van der Waals surface area contributed by atoms with Crippen LogP contribution in [0.3, 0.4) is 0 Å². The Morgan fingerprint density at radius 2 is 2.05 bits per heavy atom. The minimum atomic E-state index is 0.187. The first-order valence-electron chi connectivity index (χ1n) is 7.27. The van der Waals surface area contributed by atoms with Gasteiger partial charge in [-0.3, -0.25) is 16.3 Å². The van der Waals surface area contributed by atoms with E-state index in [1.54, 1.807) is 0 Å². The van der Waals surface area contributed by atoms with E-state index in [0.717, 1.165) is 18.4 Å². The molecular formula is C17H23N3. The van der Waals surface area contributed by atoms with Crippen molar-refractivity contribution < 1.29 is 0 Å². The molecule has 1 aromatic carbocycles. The monoisotopic (exact) mass is 269 g/mol. The van der Waals surface area contributed by atoms with Gasteiger partial charge in [0.2, 0.25) is 0 Å². The Labute approximate surface area is 120 Å². The number of hydrogen-bond acceptors (Lipinski definition) is 3. The Hall–Kier alpha value is -1.71. The highest BCUT2D eigenvalue weighted by molar-refractivity contribution is 5.82. The zero-order valence-electron chi connectivity index (χ0n) is 11.9. The normalized spacial score (nSPS) is 12.4. The standard InChI is InChI=1S/C17H23N3/c1-2-3-4-5-6-11-17(20-18)15-12-13-19-16-10-8-7-9-14(15)16/h2,7-10,12-13,17,20H,1,3-6,11,18H2. The number of hydrogen-bond donors (Lipinski definition) is 2. The largest absolute Gasteiger partial charge is 0.271 e. The minimum absolute atomic E-state index is 0.187. The van der Waals surface area contributed by atoms with Crippen molar-refractivity contribution in [2.75, 3.05) is 0 Å². The van der Waals surface area contributed by atoms with Crippen LogP contribution in [-0.4, -0.2) is 4.98 Å². The highest BCUT2D eigenvalue weighted by atomic mass is 15.2. The summed E-state index contributed by atoms with van der Waals surface area (Å²) in [5, 5.41) is 1.18. The second kappa shape index (κ2) is 7.78.